The molecule has 1 rings (SSSR count). The Balaban J connectivity index is 2.07. The second-order valence-electron chi connectivity index (χ2n) is 3.02. The first-order valence-electron chi connectivity index (χ1n) is 4.83. The standard InChI is InChI=1S/C11H15ClOS2/c12-11-3-1-10(2-4-11)9-15-8-6-13-5-7-14/h1-4,14H,5-9H2. The van der Waals surface area contributed by atoms with Gasteiger partial charge in [-0.25, -0.2) is 0 Å². The van der Waals surface area contributed by atoms with Crippen LogP contribution in [0.25, 0.3) is 0 Å². The topological polar surface area (TPSA) is 9.23 Å². The third-order valence-electron chi connectivity index (χ3n) is 1.79. The molecule has 0 unspecified atom stereocenters. The number of halogens is 1. The highest BCUT2D eigenvalue weighted by Crippen LogP contribution is 2.15. The van der Waals surface area contributed by atoms with Gasteiger partial charge in [0.1, 0.15) is 0 Å². The molecule has 0 aliphatic heterocycles. The molecule has 0 fully saturated rings. The maximum absolute atomic E-state index is 5.80. The molecule has 0 saturated heterocycles. The number of thiol groups is 1. The van der Waals surface area contributed by atoms with Crippen molar-refractivity contribution in [2.45, 2.75) is 5.75 Å². The molecule has 0 amide bonds. The maximum atomic E-state index is 5.80. The largest absolute Gasteiger partial charge is 0.380 e. The van der Waals surface area contributed by atoms with Crippen molar-refractivity contribution < 1.29 is 4.74 Å². The van der Waals surface area contributed by atoms with Crippen molar-refractivity contribution in [1.29, 1.82) is 0 Å². The first kappa shape index (κ1) is 13.2. The SMILES string of the molecule is SCCOCCSCc1ccc(Cl)cc1. The summed E-state index contributed by atoms with van der Waals surface area (Å²) in [4.78, 5) is 0. The number of rotatable bonds is 7. The molecule has 1 aromatic carbocycles. The van der Waals surface area contributed by atoms with Crippen LogP contribution in [0.3, 0.4) is 0 Å². The van der Waals surface area contributed by atoms with Crippen molar-refractivity contribution in [3.05, 3.63) is 34.9 Å². The van der Waals surface area contributed by atoms with Crippen LogP contribution in [0.4, 0.5) is 0 Å². The molecule has 0 spiro atoms. The van der Waals surface area contributed by atoms with Gasteiger partial charge < -0.3 is 4.74 Å². The predicted octanol–water partition coefficient (Wildman–Crippen LogP) is 3.52. The molecular weight excluding hydrogens is 248 g/mol. The van der Waals surface area contributed by atoms with Crippen LogP contribution in [0.5, 0.6) is 0 Å². The van der Waals surface area contributed by atoms with Gasteiger partial charge in [0.2, 0.25) is 0 Å². The summed E-state index contributed by atoms with van der Waals surface area (Å²) in [6, 6.07) is 7.97. The summed E-state index contributed by atoms with van der Waals surface area (Å²) in [5.74, 6) is 2.83. The van der Waals surface area contributed by atoms with Crippen molar-refractivity contribution in [2.24, 2.45) is 0 Å². The molecule has 0 aliphatic rings. The second kappa shape index (κ2) is 8.34. The third-order valence-corrected chi connectivity index (χ3v) is 3.22. The summed E-state index contributed by atoms with van der Waals surface area (Å²) in [5.41, 5.74) is 1.30. The number of ether oxygens (including phenoxy) is 1. The Morgan fingerprint density at radius 3 is 2.60 bits per heavy atom. The van der Waals surface area contributed by atoms with Crippen molar-refractivity contribution in [3.8, 4) is 0 Å². The minimum atomic E-state index is 0.741. The number of thioether (sulfide) groups is 1. The van der Waals surface area contributed by atoms with E-state index in [1.165, 1.54) is 5.56 Å². The van der Waals surface area contributed by atoms with Gasteiger partial charge in [0.05, 0.1) is 13.2 Å². The minimum Gasteiger partial charge on any atom is -0.380 e. The highest BCUT2D eigenvalue weighted by atomic mass is 35.5. The molecule has 1 aromatic rings. The molecule has 15 heavy (non-hydrogen) atoms. The van der Waals surface area contributed by atoms with Gasteiger partial charge in [-0.2, -0.15) is 24.4 Å². The zero-order valence-corrected chi connectivity index (χ0v) is 11.0. The van der Waals surface area contributed by atoms with Crippen LogP contribution in [0.15, 0.2) is 24.3 Å². The van der Waals surface area contributed by atoms with E-state index in [0.29, 0.717) is 0 Å². The zero-order chi connectivity index (χ0) is 10.9. The molecule has 0 aromatic heterocycles. The monoisotopic (exact) mass is 262 g/mol. The summed E-state index contributed by atoms with van der Waals surface area (Å²) in [7, 11) is 0. The molecule has 0 radical (unpaired) electrons. The smallest absolute Gasteiger partial charge is 0.0557 e. The Hall–Kier alpha value is 0.170. The highest BCUT2D eigenvalue weighted by molar-refractivity contribution is 7.98. The van der Waals surface area contributed by atoms with E-state index in [0.717, 1.165) is 35.5 Å². The first-order valence-corrected chi connectivity index (χ1v) is 7.00. The minimum absolute atomic E-state index is 0.741. The average molecular weight is 263 g/mol. The van der Waals surface area contributed by atoms with E-state index in [1.807, 2.05) is 23.9 Å². The predicted molar refractivity (Wildman–Crippen MR) is 72.3 cm³/mol. The molecular formula is C11H15ClOS2. The quantitative estimate of drug-likeness (QED) is 0.595. The molecule has 0 atom stereocenters. The number of hydrogen-bond acceptors (Lipinski definition) is 3. The fourth-order valence-corrected chi connectivity index (χ4v) is 2.12. The summed E-state index contributed by atoms with van der Waals surface area (Å²) in [6.45, 7) is 1.55. The van der Waals surface area contributed by atoms with Crippen molar-refractivity contribution >= 4 is 36.0 Å². The Labute approximate surface area is 106 Å². The van der Waals surface area contributed by atoms with Gasteiger partial charge in [-0.05, 0) is 17.7 Å². The van der Waals surface area contributed by atoms with Gasteiger partial charge in [-0.1, -0.05) is 23.7 Å². The van der Waals surface area contributed by atoms with E-state index in [2.05, 4.69) is 24.8 Å². The molecule has 0 saturated carbocycles. The molecule has 0 heterocycles. The van der Waals surface area contributed by atoms with E-state index < -0.39 is 0 Å². The van der Waals surface area contributed by atoms with Gasteiger partial charge in [0.25, 0.3) is 0 Å². The van der Waals surface area contributed by atoms with Crippen LogP contribution in [0.1, 0.15) is 5.56 Å². The van der Waals surface area contributed by atoms with E-state index >= 15 is 0 Å². The fraction of sp³-hybridized carbons (Fsp3) is 0.455. The van der Waals surface area contributed by atoms with E-state index in [9.17, 15) is 0 Å². The Morgan fingerprint density at radius 2 is 1.93 bits per heavy atom. The van der Waals surface area contributed by atoms with E-state index in [-0.39, 0.29) is 0 Å². The first-order chi connectivity index (χ1) is 7.33. The van der Waals surface area contributed by atoms with Crippen LogP contribution in [0, 0.1) is 0 Å². The lowest BCUT2D eigenvalue weighted by Gasteiger charge is -2.03. The summed E-state index contributed by atoms with van der Waals surface area (Å²) < 4.78 is 5.32. The lowest BCUT2D eigenvalue weighted by atomic mass is 10.2. The highest BCUT2D eigenvalue weighted by Gasteiger charge is 1.94. The lowest BCUT2D eigenvalue weighted by molar-refractivity contribution is 0.167. The third kappa shape index (κ3) is 6.36. The Morgan fingerprint density at radius 1 is 1.20 bits per heavy atom. The molecule has 0 N–H and O–H groups in total. The van der Waals surface area contributed by atoms with E-state index in [1.54, 1.807) is 0 Å². The van der Waals surface area contributed by atoms with Gasteiger partial charge >= 0.3 is 0 Å². The van der Waals surface area contributed by atoms with Crippen molar-refractivity contribution in [3.63, 3.8) is 0 Å². The Kier molecular flexibility index (Phi) is 7.36. The molecule has 84 valence electrons. The van der Waals surface area contributed by atoms with Crippen LogP contribution < -0.4 is 0 Å². The summed E-state index contributed by atoms with van der Waals surface area (Å²) >= 11 is 11.7. The fourth-order valence-electron chi connectivity index (χ4n) is 1.06. The maximum Gasteiger partial charge on any atom is 0.0557 e. The molecule has 0 bridgehead atoms. The van der Waals surface area contributed by atoms with Crippen molar-refractivity contribution in [2.75, 3.05) is 24.7 Å². The van der Waals surface area contributed by atoms with Crippen LogP contribution in [-0.2, 0) is 10.5 Å². The van der Waals surface area contributed by atoms with Gasteiger partial charge in [-0.15, -0.1) is 0 Å². The van der Waals surface area contributed by atoms with Crippen LogP contribution in [-0.4, -0.2) is 24.7 Å². The number of hydrogen-bond donors (Lipinski definition) is 1. The average Bonchev–Trinajstić information content (AvgIpc) is 2.26. The van der Waals surface area contributed by atoms with E-state index in [4.69, 9.17) is 16.3 Å². The Bertz CT molecular complexity index is 264. The molecule has 1 nitrogen and oxygen atoms in total. The summed E-state index contributed by atoms with van der Waals surface area (Å²) in [6.07, 6.45) is 0. The number of benzene rings is 1. The zero-order valence-electron chi connectivity index (χ0n) is 8.49. The molecule has 4 heteroatoms. The van der Waals surface area contributed by atoms with Gasteiger partial charge in [-0.3, -0.25) is 0 Å². The lowest BCUT2D eigenvalue weighted by Crippen LogP contribution is -2.00. The normalized spacial score (nSPS) is 10.5. The van der Waals surface area contributed by atoms with Crippen LogP contribution >= 0.6 is 36.0 Å². The summed E-state index contributed by atoms with van der Waals surface area (Å²) in [5, 5.41) is 0.792. The van der Waals surface area contributed by atoms with Crippen molar-refractivity contribution in [1.82, 2.24) is 0 Å². The van der Waals surface area contributed by atoms with Gasteiger partial charge in [0.15, 0.2) is 0 Å². The van der Waals surface area contributed by atoms with Crippen LogP contribution in [0.2, 0.25) is 5.02 Å². The second-order valence-corrected chi connectivity index (χ2v) is 5.00. The van der Waals surface area contributed by atoms with Gasteiger partial charge in [0, 0.05) is 22.3 Å². The molecule has 0 aliphatic carbocycles.